The van der Waals surface area contributed by atoms with Gasteiger partial charge in [0.2, 0.25) is 11.9 Å². The zero-order valence-electron chi connectivity index (χ0n) is 21.9. The zero-order valence-corrected chi connectivity index (χ0v) is 21.9. The number of hydrogen-bond donors (Lipinski definition) is 3. The Morgan fingerprint density at radius 3 is 2.51 bits per heavy atom. The number of alkyl halides is 3. The van der Waals surface area contributed by atoms with Crippen molar-refractivity contribution >= 4 is 29.3 Å². The van der Waals surface area contributed by atoms with E-state index in [2.05, 4.69) is 37.4 Å². The number of piperazine rings is 1. The fourth-order valence-electron chi connectivity index (χ4n) is 4.83. The number of hydrogen-bond acceptors (Lipinski definition) is 7. The summed E-state index contributed by atoms with van der Waals surface area (Å²) < 4.78 is 41.3. The van der Waals surface area contributed by atoms with Crippen LogP contribution in [0, 0.1) is 5.92 Å². The molecule has 1 aromatic heterocycles. The third kappa shape index (κ3) is 7.25. The first-order valence-corrected chi connectivity index (χ1v) is 13.1. The molecule has 2 atom stereocenters. The van der Waals surface area contributed by atoms with Gasteiger partial charge in [-0.15, -0.1) is 6.58 Å². The molecule has 9 nitrogen and oxygen atoms in total. The van der Waals surface area contributed by atoms with Crippen molar-refractivity contribution in [3.63, 3.8) is 0 Å². The summed E-state index contributed by atoms with van der Waals surface area (Å²) in [6.45, 7) is 6.99. The third-order valence-electron chi connectivity index (χ3n) is 7.10. The molecule has 39 heavy (non-hydrogen) atoms. The predicted molar refractivity (Wildman–Crippen MR) is 143 cm³/mol. The molecular formula is C27H34F3N7O2. The molecule has 1 saturated carbocycles. The number of anilines is 3. The molecule has 2 heterocycles. The van der Waals surface area contributed by atoms with Crippen molar-refractivity contribution in [2.24, 2.45) is 5.92 Å². The lowest BCUT2D eigenvalue weighted by Gasteiger charge is -2.32. The largest absolute Gasteiger partial charge is 0.421 e. The van der Waals surface area contributed by atoms with Crippen LogP contribution < -0.4 is 16.0 Å². The van der Waals surface area contributed by atoms with Crippen LogP contribution in [0.5, 0.6) is 0 Å². The fraction of sp³-hybridized carbons (Fsp3) is 0.481. The highest BCUT2D eigenvalue weighted by atomic mass is 19.4. The number of aromatic nitrogens is 2. The van der Waals surface area contributed by atoms with Gasteiger partial charge in [-0.1, -0.05) is 12.5 Å². The average Bonchev–Trinajstić information content (AvgIpc) is 3.37. The van der Waals surface area contributed by atoms with Gasteiger partial charge in [0.15, 0.2) is 0 Å². The molecule has 0 unspecified atom stereocenters. The van der Waals surface area contributed by atoms with Crippen molar-refractivity contribution < 1.29 is 22.8 Å². The van der Waals surface area contributed by atoms with E-state index in [-0.39, 0.29) is 23.6 Å². The highest BCUT2D eigenvalue weighted by molar-refractivity contribution is 5.94. The quantitative estimate of drug-likeness (QED) is 0.325. The van der Waals surface area contributed by atoms with Gasteiger partial charge in [-0.05, 0) is 50.6 Å². The summed E-state index contributed by atoms with van der Waals surface area (Å²) in [6.07, 6.45) is 0.202. The van der Waals surface area contributed by atoms with Gasteiger partial charge in [0.1, 0.15) is 11.4 Å². The highest BCUT2D eigenvalue weighted by Gasteiger charge is 2.38. The van der Waals surface area contributed by atoms with Gasteiger partial charge < -0.3 is 25.8 Å². The summed E-state index contributed by atoms with van der Waals surface area (Å²) in [4.78, 5) is 37.4. The van der Waals surface area contributed by atoms with Crippen LogP contribution in [0.3, 0.4) is 0 Å². The molecule has 1 saturated heterocycles. The van der Waals surface area contributed by atoms with E-state index in [1.54, 1.807) is 35.2 Å². The maximum atomic E-state index is 13.8. The molecule has 0 radical (unpaired) electrons. The van der Waals surface area contributed by atoms with Gasteiger partial charge in [0.25, 0.3) is 5.91 Å². The Morgan fingerprint density at radius 1 is 1.13 bits per heavy atom. The number of nitrogens with zero attached hydrogens (tertiary/aromatic N) is 4. The molecule has 2 amide bonds. The lowest BCUT2D eigenvalue weighted by Crippen LogP contribution is -2.47. The van der Waals surface area contributed by atoms with Gasteiger partial charge in [-0.3, -0.25) is 9.59 Å². The molecule has 12 heteroatoms. The molecule has 0 spiro atoms. The third-order valence-corrected chi connectivity index (χ3v) is 7.10. The topological polar surface area (TPSA) is 102 Å². The van der Waals surface area contributed by atoms with Crippen LogP contribution in [0.15, 0.2) is 43.1 Å². The Bertz CT molecular complexity index is 1160. The lowest BCUT2D eigenvalue weighted by atomic mass is 10.0. The number of nitrogens with one attached hydrogen (secondary N) is 3. The first kappa shape index (κ1) is 28.3. The minimum absolute atomic E-state index is 0.0337. The molecule has 2 fully saturated rings. The molecule has 1 aliphatic heterocycles. The van der Waals surface area contributed by atoms with Crippen LogP contribution in [-0.2, 0) is 11.0 Å². The number of carbonyl (C=O) groups is 2. The summed E-state index contributed by atoms with van der Waals surface area (Å²) in [6, 6.07) is 6.17. The normalized spacial score (nSPS) is 19.9. The Labute approximate surface area is 225 Å². The van der Waals surface area contributed by atoms with Crippen LogP contribution in [0.2, 0.25) is 0 Å². The molecule has 3 N–H and O–H groups in total. The summed E-state index contributed by atoms with van der Waals surface area (Å²) in [7, 11) is 2.01. The standard InChI is InChI=1S/C27H34F3N7O2/c1-3-4-12-31-24(38)20-6-5-7-22(20)34-23-21(27(28,29)30)17-32-26(35-23)33-19-10-8-18(9-11-19)25(39)37-15-13-36(2)14-16-37/h3,8-11,17,20,22H,1,4-7,12-16H2,2H3,(H,31,38)(H2,32,33,34,35)/t20-,22+/m0/s1. The first-order valence-electron chi connectivity index (χ1n) is 13.1. The van der Waals surface area contributed by atoms with Crippen LogP contribution in [0.25, 0.3) is 0 Å². The van der Waals surface area contributed by atoms with Crippen LogP contribution in [-0.4, -0.2) is 77.4 Å². The molecular weight excluding hydrogens is 511 g/mol. The van der Waals surface area contributed by atoms with Crippen molar-refractivity contribution in [1.29, 1.82) is 0 Å². The number of halogens is 3. The Hall–Kier alpha value is -3.67. The van der Waals surface area contributed by atoms with E-state index in [0.29, 0.717) is 56.6 Å². The summed E-state index contributed by atoms with van der Waals surface area (Å²) >= 11 is 0. The molecule has 4 rings (SSSR count). The number of amides is 2. The van der Waals surface area contributed by atoms with Crippen LogP contribution >= 0.6 is 0 Å². The van der Waals surface area contributed by atoms with Crippen LogP contribution in [0.4, 0.5) is 30.6 Å². The van der Waals surface area contributed by atoms with E-state index >= 15 is 0 Å². The van der Waals surface area contributed by atoms with Crippen LogP contribution in [0.1, 0.15) is 41.6 Å². The van der Waals surface area contributed by atoms with Gasteiger partial charge in [0, 0.05) is 56.2 Å². The van der Waals surface area contributed by atoms with E-state index in [1.165, 1.54) is 0 Å². The zero-order chi connectivity index (χ0) is 28.0. The van der Waals surface area contributed by atoms with Crippen molar-refractivity contribution in [1.82, 2.24) is 25.1 Å². The maximum absolute atomic E-state index is 13.8. The summed E-state index contributed by atoms with van der Waals surface area (Å²) in [5, 5.41) is 8.62. The fourth-order valence-corrected chi connectivity index (χ4v) is 4.83. The highest BCUT2D eigenvalue weighted by Crippen LogP contribution is 2.36. The van der Waals surface area contributed by atoms with Gasteiger partial charge >= 0.3 is 6.18 Å². The van der Waals surface area contributed by atoms with Gasteiger partial charge in [-0.2, -0.15) is 18.2 Å². The number of carbonyl (C=O) groups excluding carboxylic acids is 2. The van der Waals surface area contributed by atoms with E-state index in [4.69, 9.17) is 0 Å². The lowest BCUT2D eigenvalue weighted by molar-refractivity contribution is -0.137. The van der Waals surface area contributed by atoms with E-state index in [1.807, 2.05) is 7.05 Å². The van der Waals surface area contributed by atoms with E-state index in [9.17, 15) is 22.8 Å². The van der Waals surface area contributed by atoms with Crippen molar-refractivity contribution in [2.75, 3.05) is 50.4 Å². The second-order valence-electron chi connectivity index (χ2n) is 9.91. The second-order valence-corrected chi connectivity index (χ2v) is 9.91. The monoisotopic (exact) mass is 545 g/mol. The number of benzene rings is 1. The Kier molecular flexibility index (Phi) is 9.05. The molecule has 2 aliphatic rings. The molecule has 1 aliphatic carbocycles. The summed E-state index contributed by atoms with van der Waals surface area (Å²) in [5.74, 6) is -1.13. The molecule has 1 aromatic carbocycles. The second kappa shape index (κ2) is 12.5. The molecule has 2 aromatic rings. The SMILES string of the molecule is C=CCCNC(=O)[C@H]1CCC[C@H]1Nc1nc(Nc2ccc(C(=O)N3CCN(C)CC3)cc2)ncc1C(F)(F)F. The summed E-state index contributed by atoms with van der Waals surface area (Å²) in [5.41, 5.74) is 0.0503. The minimum atomic E-state index is -4.67. The van der Waals surface area contributed by atoms with E-state index < -0.39 is 23.7 Å². The number of likely N-dealkylation sites (N-methyl/N-ethyl adjacent to an activating group) is 1. The smallest absolute Gasteiger partial charge is 0.366 e. The molecule has 210 valence electrons. The van der Waals surface area contributed by atoms with Crippen molar-refractivity contribution in [3.8, 4) is 0 Å². The van der Waals surface area contributed by atoms with Crippen molar-refractivity contribution in [3.05, 3.63) is 54.2 Å². The van der Waals surface area contributed by atoms with Gasteiger partial charge in [-0.25, -0.2) is 4.98 Å². The minimum Gasteiger partial charge on any atom is -0.366 e. The van der Waals surface area contributed by atoms with Gasteiger partial charge in [0.05, 0.1) is 5.92 Å². The molecule has 0 bridgehead atoms. The van der Waals surface area contributed by atoms with E-state index in [0.717, 1.165) is 19.3 Å². The Morgan fingerprint density at radius 2 is 1.85 bits per heavy atom. The maximum Gasteiger partial charge on any atom is 0.421 e. The first-order chi connectivity index (χ1) is 18.7. The Balaban J connectivity index is 1.47. The predicted octanol–water partition coefficient (Wildman–Crippen LogP) is 3.90. The average molecular weight is 546 g/mol. The van der Waals surface area contributed by atoms with Crippen molar-refractivity contribution in [2.45, 2.75) is 37.9 Å². The number of rotatable bonds is 9.